The number of hydrogen-bond acceptors (Lipinski definition) is 7. The number of nitrogen functional groups attached to an aromatic ring is 1. The standard InChI is InChI=1S/C17H23BN4O3/c1-11(15-20-7-6-8-21-15)23-13-9-12(10-22-14(13)19)18-24-16(2,3)17(4,5)25-18/h6-11H,1-5H3,(H2,19,22). The van der Waals surface area contributed by atoms with Gasteiger partial charge in [-0.15, -0.1) is 0 Å². The Hall–Kier alpha value is -2.19. The van der Waals surface area contributed by atoms with Crippen molar-refractivity contribution in [1.29, 1.82) is 0 Å². The first-order valence-electron chi connectivity index (χ1n) is 8.24. The van der Waals surface area contributed by atoms with Crippen molar-refractivity contribution in [1.82, 2.24) is 15.0 Å². The van der Waals surface area contributed by atoms with Gasteiger partial charge < -0.3 is 19.8 Å². The van der Waals surface area contributed by atoms with E-state index in [1.165, 1.54) is 0 Å². The highest BCUT2D eigenvalue weighted by Gasteiger charge is 2.52. The highest BCUT2D eigenvalue weighted by atomic mass is 16.7. The number of aromatic nitrogens is 3. The summed E-state index contributed by atoms with van der Waals surface area (Å²) in [6, 6.07) is 3.55. The van der Waals surface area contributed by atoms with E-state index in [9.17, 15) is 0 Å². The number of anilines is 1. The molecule has 1 unspecified atom stereocenters. The van der Waals surface area contributed by atoms with Crippen LogP contribution in [0.15, 0.2) is 30.7 Å². The molecule has 132 valence electrons. The van der Waals surface area contributed by atoms with Gasteiger partial charge in [-0.1, -0.05) is 0 Å². The molecule has 1 aliphatic heterocycles. The minimum atomic E-state index is -0.524. The Morgan fingerprint density at radius 3 is 2.28 bits per heavy atom. The Morgan fingerprint density at radius 2 is 1.68 bits per heavy atom. The van der Waals surface area contributed by atoms with Crippen molar-refractivity contribution >= 4 is 18.4 Å². The van der Waals surface area contributed by atoms with E-state index in [0.29, 0.717) is 17.4 Å². The van der Waals surface area contributed by atoms with E-state index in [4.69, 9.17) is 19.8 Å². The van der Waals surface area contributed by atoms with Crippen LogP contribution in [0.5, 0.6) is 5.75 Å². The van der Waals surface area contributed by atoms with E-state index in [-0.39, 0.29) is 6.10 Å². The van der Waals surface area contributed by atoms with Gasteiger partial charge in [-0.05, 0) is 46.8 Å². The zero-order chi connectivity index (χ0) is 18.2. The van der Waals surface area contributed by atoms with Crippen molar-refractivity contribution < 1.29 is 14.0 Å². The van der Waals surface area contributed by atoms with Crippen LogP contribution in [0.2, 0.25) is 0 Å². The zero-order valence-electron chi connectivity index (χ0n) is 15.2. The summed E-state index contributed by atoms with van der Waals surface area (Å²) >= 11 is 0. The second kappa shape index (κ2) is 6.27. The van der Waals surface area contributed by atoms with Crippen LogP contribution in [-0.4, -0.2) is 33.3 Å². The summed E-state index contributed by atoms with van der Waals surface area (Å²) in [6.45, 7) is 9.87. The van der Waals surface area contributed by atoms with Crippen LogP contribution < -0.4 is 15.9 Å². The number of ether oxygens (including phenoxy) is 1. The summed E-state index contributed by atoms with van der Waals surface area (Å²) in [4.78, 5) is 12.6. The number of nitrogens with zero attached hydrogens (tertiary/aromatic N) is 3. The molecule has 0 saturated carbocycles. The molecule has 0 spiro atoms. The van der Waals surface area contributed by atoms with E-state index >= 15 is 0 Å². The molecule has 0 radical (unpaired) electrons. The van der Waals surface area contributed by atoms with Crippen LogP contribution in [0, 0.1) is 0 Å². The molecule has 7 nitrogen and oxygen atoms in total. The van der Waals surface area contributed by atoms with E-state index in [1.807, 2.05) is 34.6 Å². The summed E-state index contributed by atoms with van der Waals surface area (Å²) in [5, 5.41) is 0. The van der Waals surface area contributed by atoms with Crippen molar-refractivity contribution in [3.8, 4) is 5.75 Å². The molecule has 0 bridgehead atoms. The van der Waals surface area contributed by atoms with E-state index < -0.39 is 18.3 Å². The monoisotopic (exact) mass is 342 g/mol. The van der Waals surface area contributed by atoms with Crippen molar-refractivity contribution in [3.63, 3.8) is 0 Å². The largest absolute Gasteiger partial charge is 0.496 e. The van der Waals surface area contributed by atoms with Gasteiger partial charge in [0.05, 0.1) is 11.2 Å². The highest BCUT2D eigenvalue weighted by molar-refractivity contribution is 6.62. The summed E-state index contributed by atoms with van der Waals surface area (Å²) in [5.41, 5.74) is 5.87. The predicted molar refractivity (Wildman–Crippen MR) is 95.4 cm³/mol. The minimum Gasteiger partial charge on any atom is -0.479 e. The van der Waals surface area contributed by atoms with Crippen LogP contribution in [0.4, 0.5) is 5.82 Å². The van der Waals surface area contributed by atoms with Gasteiger partial charge in [0.25, 0.3) is 0 Å². The van der Waals surface area contributed by atoms with Gasteiger partial charge in [0.15, 0.2) is 23.5 Å². The Labute approximate surface area is 148 Å². The van der Waals surface area contributed by atoms with Crippen LogP contribution in [0.25, 0.3) is 0 Å². The summed E-state index contributed by atoms with van der Waals surface area (Å²) in [5.74, 6) is 1.32. The van der Waals surface area contributed by atoms with Crippen LogP contribution in [-0.2, 0) is 9.31 Å². The van der Waals surface area contributed by atoms with Crippen LogP contribution >= 0.6 is 0 Å². The maximum Gasteiger partial charge on any atom is 0.496 e. The van der Waals surface area contributed by atoms with Gasteiger partial charge in [-0.3, -0.25) is 0 Å². The van der Waals surface area contributed by atoms with Gasteiger partial charge in [-0.2, -0.15) is 0 Å². The lowest BCUT2D eigenvalue weighted by molar-refractivity contribution is 0.00578. The van der Waals surface area contributed by atoms with Gasteiger partial charge in [-0.25, -0.2) is 15.0 Å². The molecule has 2 aromatic rings. The molecule has 2 N–H and O–H groups in total. The Bertz CT molecular complexity index is 739. The lowest BCUT2D eigenvalue weighted by Gasteiger charge is -2.32. The lowest BCUT2D eigenvalue weighted by Crippen LogP contribution is -2.41. The molecule has 0 aliphatic carbocycles. The molecule has 3 heterocycles. The first kappa shape index (κ1) is 17.6. The number of rotatable bonds is 4. The molecule has 0 amide bonds. The molecule has 1 saturated heterocycles. The Balaban J connectivity index is 1.82. The third-order valence-corrected chi connectivity index (χ3v) is 4.68. The Morgan fingerprint density at radius 1 is 1.08 bits per heavy atom. The fraction of sp³-hybridized carbons (Fsp3) is 0.471. The second-order valence-electron chi connectivity index (χ2n) is 7.11. The Kier molecular flexibility index (Phi) is 4.42. The van der Waals surface area contributed by atoms with Crippen LogP contribution in [0.3, 0.4) is 0 Å². The predicted octanol–water partition coefficient (Wildman–Crippen LogP) is 1.89. The van der Waals surface area contributed by atoms with Gasteiger partial charge >= 0.3 is 7.12 Å². The first-order valence-corrected chi connectivity index (χ1v) is 8.24. The second-order valence-corrected chi connectivity index (χ2v) is 7.11. The summed E-state index contributed by atoms with van der Waals surface area (Å²) in [7, 11) is -0.524. The topological polar surface area (TPSA) is 92.4 Å². The fourth-order valence-corrected chi connectivity index (χ4v) is 2.44. The molecular formula is C17H23BN4O3. The molecule has 1 fully saturated rings. The quantitative estimate of drug-likeness (QED) is 0.848. The summed E-state index contributed by atoms with van der Waals surface area (Å²) in [6.07, 6.45) is 4.63. The molecule has 25 heavy (non-hydrogen) atoms. The molecule has 2 aromatic heterocycles. The van der Waals surface area contributed by atoms with Gasteiger partial charge in [0, 0.05) is 24.1 Å². The molecule has 0 aromatic carbocycles. The van der Waals surface area contributed by atoms with Crippen molar-refractivity contribution in [2.24, 2.45) is 0 Å². The first-order chi connectivity index (χ1) is 11.7. The third kappa shape index (κ3) is 3.45. The van der Waals surface area contributed by atoms with Crippen molar-refractivity contribution in [3.05, 3.63) is 36.5 Å². The average Bonchev–Trinajstić information content (AvgIpc) is 2.78. The smallest absolute Gasteiger partial charge is 0.479 e. The lowest BCUT2D eigenvalue weighted by atomic mass is 9.80. The maximum absolute atomic E-state index is 6.05. The van der Waals surface area contributed by atoms with Crippen molar-refractivity contribution in [2.45, 2.75) is 51.9 Å². The minimum absolute atomic E-state index is 0.294. The number of nitrogens with two attached hydrogens (primary N) is 1. The average molecular weight is 342 g/mol. The van der Waals surface area contributed by atoms with E-state index in [2.05, 4.69) is 15.0 Å². The number of hydrogen-bond donors (Lipinski definition) is 1. The third-order valence-electron chi connectivity index (χ3n) is 4.68. The molecular weight excluding hydrogens is 319 g/mol. The molecule has 8 heteroatoms. The van der Waals surface area contributed by atoms with Crippen molar-refractivity contribution in [2.75, 3.05) is 5.73 Å². The van der Waals surface area contributed by atoms with E-state index in [0.717, 1.165) is 5.46 Å². The zero-order valence-corrected chi connectivity index (χ0v) is 15.2. The normalized spacial score (nSPS) is 19.6. The summed E-state index contributed by atoms with van der Waals surface area (Å²) < 4.78 is 18.0. The van der Waals surface area contributed by atoms with Gasteiger partial charge in [0.1, 0.15) is 0 Å². The fourth-order valence-electron chi connectivity index (χ4n) is 2.44. The SMILES string of the molecule is CC(Oc1cc(B2OC(C)(C)C(C)(C)O2)cnc1N)c1ncccn1. The number of pyridine rings is 1. The van der Waals surface area contributed by atoms with Gasteiger partial charge in [0.2, 0.25) is 0 Å². The van der Waals surface area contributed by atoms with E-state index in [1.54, 1.807) is 30.7 Å². The van der Waals surface area contributed by atoms with Crippen LogP contribution in [0.1, 0.15) is 46.5 Å². The molecule has 3 rings (SSSR count). The molecule has 1 atom stereocenters. The highest BCUT2D eigenvalue weighted by Crippen LogP contribution is 2.36. The molecule has 1 aliphatic rings. The maximum atomic E-state index is 6.05.